The number of para-hydroxylation sites is 1. The predicted molar refractivity (Wildman–Crippen MR) is 102 cm³/mol. The zero-order valence-electron chi connectivity index (χ0n) is 12.0. The zero-order chi connectivity index (χ0) is 16.3. The Kier molecular flexibility index (Phi) is 5.05. The van der Waals surface area contributed by atoms with Gasteiger partial charge in [-0.15, -0.1) is 0 Å². The minimum Gasteiger partial charge on any atom is -0.437 e. The first-order valence-corrected chi connectivity index (χ1v) is 10.2. The van der Waals surface area contributed by atoms with Gasteiger partial charge in [0.15, 0.2) is 0 Å². The molecule has 0 saturated heterocycles. The molecule has 0 unspecified atom stereocenters. The van der Waals surface area contributed by atoms with Gasteiger partial charge in [0.1, 0.15) is 5.75 Å². The summed E-state index contributed by atoms with van der Waals surface area (Å²) in [7, 11) is -3.23. The molecular formula is C18H13Br2O2P. The van der Waals surface area contributed by atoms with E-state index in [1.54, 1.807) is 0 Å². The van der Waals surface area contributed by atoms with Crippen LogP contribution in [0.15, 0.2) is 87.8 Å². The van der Waals surface area contributed by atoms with Crippen molar-refractivity contribution in [1.29, 1.82) is 0 Å². The lowest BCUT2D eigenvalue weighted by Gasteiger charge is -2.20. The quantitative estimate of drug-likeness (QED) is 0.488. The van der Waals surface area contributed by atoms with Crippen LogP contribution in [0.3, 0.4) is 0 Å². The third kappa shape index (κ3) is 3.77. The summed E-state index contributed by atoms with van der Waals surface area (Å²) in [6, 6.07) is 24.0. The van der Waals surface area contributed by atoms with Crippen LogP contribution in [0.5, 0.6) is 5.75 Å². The van der Waals surface area contributed by atoms with E-state index in [4.69, 9.17) is 4.52 Å². The summed E-state index contributed by atoms with van der Waals surface area (Å²) in [6.45, 7) is 0. The Labute approximate surface area is 152 Å². The van der Waals surface area contributed by atoms with E-state index in [1.807, 2.05) is 78.9 Å². The van der Waals surface area contributed by atoms with Crippen LogP contribution in [0.2, 0.25) is 0 Å². The highest BCUT2D eigenvalue weighted by molar-refractivity contribution is 9.10. The van der Waals surface area contributed by atoms with Crippen molar-refractivity contribution in [2.45, 2.75) is 0 Å². The van der Waals surface area contributed by atoms with Crippen LogP contribution in [0.1, 0.15) is 0 Å². The van der Waals surface area contributed by atoms with Crippen molar-refractivity contribution in [3.63, 3.8) is 0 Å². The van der Waals surface area contributed by atoms with Gasteiger partial charge in [-0.3, -0.25) is 4.57 Å². The topological polar surface area (TPSA) is 26.3 Å². The molecule has 116 valence electrons. The van der Waals surface area contributed by atoms with E-state index in [1.165, 1.54) is 0 Å². The Bertz CT molecular complexity index is 782. The number of hydrogen-bond acceptors (Lipinski definition) is 2. The molecule has 3 rings (SSSR count). The third-order valence-electron chi connectivity index (χ3n) is 3.31. The van der Waals surface area contributed by atoms with Crippen molar-refractivity contribution in [3.05, 3.63) is 87.8 Å². The summed E-state index contributed by atoms with van der Waals surface area (Å²) in [5.41, 5.74) is 0. The molecule has 0 amide bonds. The summed E-state index contributed by atoms with van der Waals surface area (Å²) in [5, 5.41) is 1.32. The zero-order valence-corrected chi connectivity index (χ0v) is 16.1. The van der Waals surface area contributed by atoms with Gasteiger partial charge in [0.05, 0.1) is 10.6 Å². The molecule has 0 radical (unpaired) electrons. The summed E-state index contributed by atoms with van der Waals surface area (Å²) in [4.78, 5) is 0. The first-order valence-electron chi connectivity index (χ1n) is 6.95. The first kappa shape index (κ1) is 16.5. The second kappa shape index (κ2) is 7.04. The number of hydrogen-bond donors (Lipinski definition) is 0. The monoisotopic (exact) mass is 450 g/mol. The largest absolute Gasteiger partial charge is 0.437 e. The molecule has 0 fully saturated rings. The van der Waals surface area contributed by atoms with Crippen LogP contribution >= 0.6 is 39.2 Å². The molecule has 3 aromatic carbocycles. The Hall–Kier alpha value is -1.35. The molecular weight excluding hydrogens is 439 g/mol. The van der Waals surface area contributed by atoms with E-state index in [2.05, 4.69) is 31.9 Å². The lowest BCUT2D eigenvalue weighted by atomic mass is 10.3. The number of rotatable bonds is 4. The van der Waals surface area contributed by atoms with Gasteiger partial charge in [0.2, 0.25) is 0 Å². The highest BCUT2D eigenvalue weighted by atomic mass is 79.9. The van der Waals surface area contributed by atoms with E-state index >= 15 is 0 Å². The van der Waals surface area contributed by atoms with Crippen LogP contribution in [0.25, 0.3) is 0 Å². The van der Waals surface area contributed by atoms with Crippen molar-refractivity contribution >= 4 is 49.8 Å². The molecule has 0 saturated carbocycles. The van der Waals surface area contributed by atoms with Gasteiger partial charge in [0.25, 0.3) is 0 Å². The van der Waals surface area contributed by atoms with E-state index in [0.717, 1.165) is 8.95 Å². The number of benzene rings is 3. The maximum Gasteiger partial charge on any atom is 0.306 e. The Morgan fingerprint density at radius 1 is 0.652 bits per heavy atom. The van der Waals surface area contributed by atoms with Crippen LogP contribution in [-0.4, -0.2) is 0 Å². The van der Waals surface area contributed by atoms with Crippen LogP contribution < -0.4 is 15.1 Å². The Balaban J connectivity index is 2.10. The summed E-state index contributed by atoms with van der Waals surface area (Å²) >= 11 is 6.82. The summed E-state index contributed by atoms with van der Waals surface area (Å²) in [6.07, 6.45) is 0. The van der Waals surface area contributed by atoms with Crippen molar-refractivity contribution in [2.24, 2.45) is 0 Å². The molecule has 0 bridgehead atoms. The molecule has 23 heavy (non-hydrogen) atoms. The van der Waals surface area contributed by atoms with Crippen molar-refractivity contribution in [1.82, 2.24) is 0 Å². The fraction of sp³-hybridized carbons (Fsp3) is 0. The van der Waals surface area contributed by atoms with Gasteiger partial charge in [0, 0.05) is 8.95 Å². The van der Waals surface area contributed by atoms with Gasteiger partial charge in [-0.2, -0.15) is 0 Å². The average Bonchev–Trinajstić information content (AvgIpc) is 2.57. The van der Waals surface area contributed by atoms with Crippen LogP contribution in [0.4, 0.5) is 0 Å². The summed E-state index contributed by atoms with van der Waals surface area (Å²) in [5.74, 6) is 0.585. The number of halogens is 2. The van der Waals surface area contributed by atoms with Gasteiger partial charge < -0.3 is 4.52 Å². The van der Waals surface area contributed by atoms with E-state index in [0.29, 0.717) is 16.4 Å². The maximum atomic E-state index is 13.8. The SMILES string of the molecule is O=P(Oc1ccccc1)(c1ccc(Br)cc1)c1ccc(Br)cc1. The molecule has 0 aromatic heterocycles. The Morgan fingerprint density at radius 3 is 1.52 bits per heavy atom. The van der Waals surface area contributed by atoms with Gasteiger partial charge >= 0.3 is 7.37 Å². The lowest BCUT2D eigenvalue weighted by molar-refractivity contribution is 0.503. The molecule has 0 aliphatic rings. The summed E-state index contributed by atoms with van der Waals surface area (Å²) < 4.78 is 21.6. The molecule has 0 atom stereocenters. The Morgan fingerprint density at radius 2 is 1.09 bits per heavy atom. The lowest BCUT2D eigenvalue weighted by Crippen LogP contribution is -2.20. The smallest absolute Gasteiger partial charge is 0.306 e. The molecule has 0 spiro atoms. The molecule has 0 aliphatic carbocycles. The highest BCUT2D eigenvalue weighted by Gasteiger charge is 2.30. The fourth-order valence-corrected chi connectivity index (χ4v) is 4.70. The normalized spacial score (nSPS) is 11.2. The molecule has 0 heterocycles. The van der Waals surface area contributed by atoms with Crippen molar-refractivity contribution in [2.75, 3.05) is 0 Å². The van der Waals surface area contributed by atoms with E-state index < -0.39 is 7.37 Å². The van der Waals surface area contributed by atoms with E-state index in [-0.39, 0.29) is 0 Å². The maximum absolute atomic E-state index is 13.8. The second-order valence-electron chi connectivity index (χ2n) is 4.91. The second-order valence-corrected chi connectivity index (χ2v) is 9.06. The molecule has 2 nitrogen and oxygen atoms in total. The standard InChI is InChI=1S/C18H13Br2O2P/c19-14-6-10-17(11-7-14)23(21,18-12-8-15(20)9-13-18)22-16-4-2-1-3-5-16/h1-13H. The van der Waals surface area contributed by atoms with Gasteiger partial charge in [-0.25, -0.2) is 0 Å². The van der Waals surface area contributed by atoms with Crippen LogP contribution in [0, 0.1) is 0 Å². The average molecular weight is 452 g/mol. The first-order chi connectivity index (χ1) is 11.1. The minimum atomic E-state index is -3.23. The fourth-order valence-electron chi connectivity index (χ4n) is 2.16. The molecule has 0 aliphatic heterocycles. The van der Waals surface area contributed by atoms with Crippen LogP contribution in [-0.2, 0) is 4.57 Å². The van der Waals surface area contributed by atoms with Crippen molar-refractivity contribution < 1.29 is 9.09 Å². The highest BCUT2D eigenvalue weighted by Crippen LogP contribution is 2.45. The van der Waals surface area contributed by atoms with Gasteiger partial charge in [-0.05, 0) is 60.7 Å². The third-order valence-corrected chi connectivity index (χ3v) is 6.79. The van der Waals surface area contributed by atoms with Gasteiger partial charge in [-0.1, -0.05) is 50.1 Å². The predicted octanol–water partition coefficient (Wildman–Crippen LogP) is 5.52. The van der Waals surface area contributed by atoms with Crippen molar-refractivity contribution in [3.8, 4) is 5.75 Å². The minimum absolute atomic E-state index is 0.585. The molecule has 0 N–H and O–H groups in total. The van der Waals surface area contributed by atoms with E-state index in [9.17, 15) is 4.57 Å². The molecule has 3 aromatic rings. The molecule has 5 heteroatoms.